The number of nitrogens with one attached hydrogen (secondary N) is 1. The second-order valence-corrected chi connectivity index (χ2v) is 5.33. The van der Waals surface area contributed by atoms with Gasteiger partial charge in [0.1, 0.15) is 0 Å². The monoisotopic (exact) mass is 272 g/mol. The van der Waals surface area contributed by atoms with E-state index in [9.17, 15) is 0 Å². The van der Waals surface area contributed by atoms with E-state index in [1.54, 1.807) is 0 Å². The molecule has 0 radical (unpaired) electrons. The summed E-state index contributed by atoms with van der Waals surface area (Å²) in [6.07, 6.45) is 3.00. The van der Waals surface area contributed by atoms with Crippen molar-refractivity contribution >= 4 is 0 Å². The van der Waals surface area contributed by atoms with Gasteiger partial charge in [-0.2, -0.15) is 5.10 Å². The molecule has 2 aromatic heterocycles. The minimum atomic E-state index is 0.328. The molecule has 1 atom stereocenters. The van der Waals surface area contributed by atoms with Crippen molar-refractivity contribution in [2.45, 2.75) is 47.1 Å². The standard InChI is InChI=1S/C16H24N4/c1-6-8-17-13(4)15-7-9-18-16(10-15)20-14(5)11(2)12(3)19-20/h7,9-10,13,17H,6,8H2,1-5H3. The highest BCUT2D eigenvalue weighted by Crippen LogP contribution is 2.18. The molecule has 0 aliphatic rings. The molecule has 2 aromatic rings. The van der Waals surface area contributed by atoms with Gasteiger partial charge in [-0.3, -0.25) is 0 Å². The molecular formula is C16H24N4. The van der Waals surface area contributed by atoms with Gasteiger partial charge in [-0.05, 0) is 63.9 Å². The number of aromatic nitrogens is 3. The summed E-state index contributed by atoms with van der Waals surface area (Å²) in [6.45, 7) is 11.6. The molecule has 2 rings (SSSR count). The Morgan fingerprint density at radius 2 is 2.05 bits per heavy atom. The Labute approximate surface area is 121 Å². The maximum Gasteiger partial charge on any atom is 0.153 e. The normalized spacial score (nSPS) is 12.7. The fourth-order valence-electron chi connectivity index (χ4n) is 2.24. The molecule has 0 amide bonds. The van der Waals surface area contributed by atoms with Crippen LogP contribution in [0.5, 0.6) is 0 Å². The van der Waals surface area contributed by atoms with Crippen LogP contribution in [0.3, 0.4) is 0 Å². The molecule has 0 aliphatic carbocycles. The topological polar surface area (TPSA) is 42.7 Å². The zero-order chi connectivity index (χ0) is 14.7. The summed E-state index contributed by atoms with van der Waals surface area (Å²) in [5.41, 5.74) is 4.69. The van der Waals surface area contributed by atoms with Crippen LogP contribution in [0.2, 0.25) is 0 Å². The molecule has 20 heavy (non-hydrogen) atoms. The van der Waals surface area contributed by atoms with Crippen LogP contribution >= 0.6 is 0 Å². The zero-order valence-corrected chi connectivity index (χ0v) is 13.1. The van der Waals surface area contributed by atoms with Crippen LogP contribution in [0, 0.1) is 20.8 Å². The number of nitrogens with zero attached hydrogens (tertiary/aromatic N) is 3. The van der Waals surface area contributed by atoms with Gasteiger partial charge in [-0.15, -0.1) is 0 Å². The van der Waals surface area contributed by atoms with E-state index in [0.717, 1.165) is 30.2 Å². The maximum atomic E-state index is 4.58. The van der Waals surface area contributed by atoms with Crippen LogP contribution in [-0.2, 0) is 0 Å². The van der Waals surface area contributed by atoms with Crippen molar-refractivity contribution < 1.29 is 0 Å². The predicted octanol–water partition coefficient (Wildman–Crippen LogP) is 3.25. The molecule has 1 unspecified atom stereocenters. The SMILES string of the molecule is CCCNC(C)c1ccnc(-n2nc(C)c(C)c2C)c1. The molecule has 108 valence electrons. The molecule has 0 aromatic carbocycles. The van der Waals surface area contributed by atoms with Crippen molar-refractivity contribution in [2.24, 2.45) is 0 Å². The van der Waals surface area contributed by atoms with E-state index in [-0.39, 0.29) is 0 Å². The Hall–Kier alpha value is -1.68. The summed E-state index contributed by atoms with van der Waals surface area (Å²) in [5.74, 6) is 0.890. The quantitative estimate of drug-likeness (QED) is 0.908. The molecule has 0 aliphatic heterocycles. The Balaban J connectivity index is 2.32. The minimum Gasteiger partial charge on any atom is -0.310 e. The predicted molar refractivity (Wildman–Crippen MR) is 82.3 cm³/mol. The largest absolute Gasteiger partial charge is 0.310 e. The zero-order valence-electron chi connectivity index (χ0n) is 13.1. The summed E-state index contributed by atoms with van der Waals surface area (Å²) in [4.78, 5) is 4.46. The average Bonchev–Trinajstić information content (AvgIpc) is 2.72. The van der Waals surface area contributed by atoms with Crippen molar-refractivity contribution in [3.8, 4) is 5.82 Å². The molecule has 4 nitrogen and oxygen atoms in total. The lowest BCUT2D eigenvalue weighted by Gasteiger charge is -2.14. The lowest BCUT2D eigenvalue weighted by atomic mass is 10.1. The Morgan fingerprint density at radius 3 is 2.65 bits per heavy atom. The van der Waals surface area contributed by atoms with Gasteiger partial charge in [0.15, 0.2) is 5.82 Å². The lowest BCUT2D eigenvalue weighted by molar-refractivity contribution is 0.569. The second kappa shape index (κ2) is 6.18. The molecule has 2 heterocycles. The van der Waals surface area contributed by atoms with E-state index in [4.69, 9.17) is 0 Å². The number of hydrogen-bond acceptors (Lipinski definition) is 3. The third kappa shape index (κ3) is 2.90. The Kier molecular flexibility index (Phi) is 4.55. The third-order valence-electron chi connectivity index (χ3n) is 3.84. The summed E-state index contributed by atoms with van der Waals surface area (Å²) in [6, 6.07) is 4.51. The van der Waals surface area contributed by atoms with E-state index in [2.05, 4.69) is 55.2 Å². The first-order chi connectivity index (χ1) is 9.54. The van der Waals surface area contributed by atoms with Gasteiger partial charge in [-0.1, -0.05) is 6.92 Å². The van der Waals surface area contributed by atoms with E-state index < -0.39 is 0 Å². The van der Waals surface area contributed by atoms with E-state index in [0.29, 0.717) is 6.04 Å². The van der Waals surface area contributed by atoms with E-state index >= 15 is 0 Å². The lowest BCUT2D eigenvalue weighted by Crippen LogP contribution is -2.19. The van der Waals surface area contributed by atoms with Gasteiger partial charge in [-0.25, -0.2) is 9.67 Å². The number of aryl methyl sites for hydroxylation is 1. The van der Waals surface area contributed by atoms with Crippen LogP contribution in [-0.4, -0.2) is 21.3 Å². The van der Waals surface area contributed by atoms with Gasteiger partial charge in [0.2, 0.25) is 0 Å². The van der Waals surface area contributed by atoms with Crippen LogP contribution in [0.4, 0.5) is 0 Å². The number of rotatable bonds is 5. The van der Waals surface area contributed by atoms with Crippen LogP contribution in [0.25, 0.3) is 5.82 Å². The van der Waals surface area contributed by atoms with Crippen molar-refractivity contribution in [3.63, 3.8) is 0 Å². The highest BCUT2D eigenvalue weighted by atomic mass is 15.3. The average molecular weight is 272 g/mol. The second-order valence-electron chi connectivity index (χ2n) is 5.33. The molecule has 4 heteroatoms. The summed E-state index contributed by atoms with van der Waals surface area (Å²) in [5, 5.41) is 8.08. The smallest absolute Gasteiger partial charge is 0.153 e. The third-order valence-corrected chi connectivity index (χ3v) is 3.84. The minimum absolute atomic E-state index is 0.328. The first kappa shape index (κ1) is 14.7. The Morgan fingerprint density at radius 1 is 1.30 bits per heavy atom. The molecular weight excluding hydrogens is 248 g/mol. The highest BCUT2D eigenvalue weighted by Gasteiger charge is 2.11. The molecule has 1 N–H and O–H groups in total. The number of pyridine rings is 1. The molecule has 0 fully saturated rings. The first-order valence-electron chi connectivity index (χ1n) is 7.27. The van der Waals surface area contributed by atoms with Gasteiger partial charge < -0.3 is 5.32 Å². The maximum absolute atomic E-state index is 4.58. The summed E-state index contributed by atoms with van der Waals surface area (Å²) in [7, 11) is 0. The highest BCUT2D eigenvalue weighted by molar-refractivity contribution is 5.34. The van der Waals surface area contributed by atoms with Gasteiger partial charge >= 0.3 is 0 Å². The van der Waals surface area contributed by atoms with Crippen LogP contribution in [0.1, 0.15) is 48.8 Å². The Bertz CT molecular complexity index is 586. The van der Waals surface area contributed by atoms with E-state index in [1.165, 1.54) is 11.1 Å². The fourth-order valence-corrected chi connectivity index (χ4v) is 2.24. The van der Waals surface area contributed by atoms with Crippen molar-refractivity contribution in [1.29, 1.82) is 0 Å². The number of hydrogen-bond donors (Lipinski definition) is 1. The molecule has 0 saturated heterocycles. The molecule has 0 bridgehead atoms. The van der Waals surface area contributed by atoms with Gasteiger partial charge in [0, 0.05) is 17.9 Å². The van der Waals surface area contributed by atoms with Crippen LogP contribution < -0.4 is 5.32 Å². The van der Waals surface area contributed by atoms with Crippen molar-refractivity contribution in [1.82, 2.24) is 20.1 Å². The fraction of sp³-hybridized carbons (Fsp3) is 0.500. The summed E-state index contributed by atoms with van der Waals surface area (Å²) < 4.78 is 1.93. The van der Waals surface area contributed by atoms with Gasteiger partial charge in [0.25, 0.3) is 0 Å². The molecule has 0 saturated carbocycles. The van der Waals surface area contributed by atoms with Crippen molar-refractivity contribution in [3.05, 3.63) is 40.8 Å². The van der Waals surface area contributed by atoms with E-state index in [1.807, 2.05) is 17.8 Å². The first-order valence-corrected chi connectivity index (χ1v) is 7.27. The summed E-state index contributed by atoms with van der Waals surface area (Å²) >= 11 is 0. The van der Waals surface area contributed by atoms with Crippen LogP contribution in [0.15, 0.2) is 18.3 Å². The van der Waals surface area contributed by atoms with Crippen molar-refractivity contribution in [2.75, 3.05) is 6.54 Å². The van der Waals surface area contributed by atoms with Gasteiger partial charge in [0.05, 0.1) is 5.69 Å². The molecule has 0 spiro atoms.